The molecule has 1 aliphatic carbocycles. The second-order valence-electron chi connectivity index (χ2n) is 4.51. The van der Waals surface area contributed by atoms with Crippen LogP contribution in [0.3, 0.4) is 0 Å². The van der Waals surface area contributed by atoms with Crippen LogP contribution in [-0.4, -0.2) is 11.3 Å². The highest BCUT2D eigenvalue weighted by molar-refractivity contribution is 8.00. The molecule has 1 aromatic rings. The summed E-state index contributed by atoms with van der Waals surface area (Å²) in [6, 6.07) is 8.75. The van der Waals surface area contributed by atoms with Gasteiger partial charge in [0.05, 0.1) is 0 Å². The average molecular weight is 221 g/mol. The van der Waals surface area contributed by atoms with E-state index in [-0.39, 0.29) is 0 Å². The van der Waals surface area contributed by atoms with Crippen molar-refractivity contribution in [1.82, 2.24) is 0 Å². The first-order chi connectivity index (χ1) is 7.24. The van der Waals surface area contributed by atoms with Gasteiger partial charge in [0.1, 0.15) is 0 Å². The van der Waals surface area contributed by atoms with E-state index >= 15 is 0 Å². The van der Waals surface area contributed by atoms with E-state index in [1.807, 2.05) is 11.8 Å². The number of hydrogen-bond acceptors (Lipinski definition) is 2. The van der Waals surface area contributed by atoms with Crippen molar-refractivity contribution in [2.75, 3.05) is 6.54 Å². The van der Waals surface area contributed by atoms with Gasteiger partial charge in [-0.25, -0.2) is 0 Å². The number of thioether (sulfide) groups is 1. The first-order valence-corrected chi connectivity index (χ1v) is 6.52. The first kappa shape index (κ1) is 11.0. The predicted molar refractivity (Wildman–Crippen MR) is 67.3 cm³/mol. The molecule has 0 aliphatic heterocycles. The minimum atomic E-state index is 0.327. The van der Waals surface area contributed by atoms with Gasteiger partial charge in [-0.05, 0) is 31.9 Å². The van der Waals surface area contributed by atoms with E-state index in [0.29, 0.717) is 4.75 Å². The fraction of sp³-hybridized carbons (Fsp3) is 0.538. The molecule has 1 fully saturated rings. The molecular formula is C13H19NS. The lowest BCUT2D eigenvalue weighted by molar-refractivity contribution is 0.619. The van der Waals surface area contributed by atoms with Crippen LogP contribution in [0.25, 0.3) is 0 Å². The summed E-state index contributed by atoms with van der Waals surface area (Å²) in [5.74, 6) is 0. The summed E-state index contributed by atoms with van der Waals surface area (Å²) >= 11 is 1.99. The van der Waals surface area contributed by atoms with E-state index in [4.69, 9.17) is 5.73 Å². The van der Waals surface area contributed by atoms with Crippen LogP contribution in [0.5, 0.6) is 0 Å². The molecule has 0 aromatic heterocycles. The number of hydrogen-bond donors (Lipinski definition) is 1. The molecule has 82 valence electrons. The smallest absolute Gasteiger partial charge is 0.0329 e. The van der Waals surface area contributed by atoms with Crippen molar-refractivity contribution in [3.05, 3.63) is 29.8 Å². The molecule has 0 bridgehead atoms. The maximum absolute atomic E-state index is 5.93. The largest absolute Gasteiger partial charge is 0.329 e. The molecule has 2 rings (SSSR count). The van der Waals surface area contributed by atoms with Gasteiger partial charge in [-0.15, -0.1) is 11.8 Å². The summed E-state index contributed by atoms with van der Waals surface area (Å²) in [6.07, 6.45) is 5.25. The zero-order valence-corrected chi connectivity index (χ0v) is 10.1. The highest BCUT2D eigenvalue weighted by atomic mass is 32.2. The third-order valence-corrected chi connectivity index (χ3v) is 4.71. The summed E-state index contributed by atoms with van der Waals surface area (Å²) in [5.41, 5.74) is 7.27. The van der Waals surface area contributed by atoms with Gasteiger partial charge in [0.2, 0.25) is 0 Å². The molecule has 0 saturated heterocycles. The fourth-order valence-corrected chi connectivity index (χ4v) is 3.76. The number of benzene rings is 1. The number of nitrogens with two attached hydrogens (primary N) is 1. The second kappa shape index (κ2) is 4.58. The van der Waals surface area contributed by atoms with E-state index in [1.165, 1.54) is 36.1 Å². The Hall–Kier alpha value is -0.470. The van der Waals surface area contributed by atoms with Gasteiger partial charge >= 0.3 is 0 Å². The van der Waals surface area contributed by atoms with Crippen LogP contribution in [-0.2, 0) is 0 Å². The molecule has 15 heavy (non-hydrogen) atoms. The Morgan fingerprint density at radius 3 is 2.67 bits per heavy atom. The lowest BCUT2D eigenvalue weighted by Crippen LogP contribution is -2.30. The van der Waals surface area contributed by atoms with Crippen molar-refractivity contribution >= 4 is 11.8 Å². The average Bonchev–Trinajstić information content (AvgIpc) is 2.67. The number of rotatable bonds is 3. The maximum atomic E-state index is 5.93. The zero-order valence-electron chi connectivity index (χ0n) is 9.33. The highest BCUT2D eigenvalue weighted by Crippen LogP contribution is 2.44. The minimum absolute atomic E-state index is 0.327. The minimum Gasteiger partial charge on any atom is -0.329 e. The van der Waals surface area contributed by atoms with Gasteiger partial charge in [0.15, 0.2) is 0 Å². The summed E-state index contributed by atoms with van der Waals surface area (Å²) in [5, 5.41) is 0. The van der Waals surface area contributed by atoms with E-state index < -0.39 is 0 Å². The molecule has 0 amide bonds. The van der Waals surface area contributed by atoms with Crippen molar-refractivity contribution in [3.63, 3.8) is 0 Å². The third-order valence-electron chi connectivity index (χ3n) is 3.21. The first-order valence-electron chi connectivity index (χ1n) is 5.70. The molecule has 0 unspecified atom stereocenters. The van der Waals surface area contributed by atoms with Crippen LogP contribution in [0.1, 0.15) is 31.2 Å². The third kappa shape index (κ3) is 2.56. The lowest BCUT2D eigenvalue weighted by atomic mass is 10.1. The van der Waals surface area contributed by atoms with Crippen LogP contribution < -0.4 is 5.73 Å². The topological polar surface area (TPSA) is 26.0 Å². The van der Waals surface area contributed by atoms with Gasteiger partial charge < -0.3 is 5.73 Å². The summed E-state index contributed by atoms with van der Waals surface area (Å²) in [4.78, 5) is 1.38. The Balaban J connectivity index is 2.12. The van der Waals surface area contributed by atoms with Crippen LogP contribution >= 0.6 is 11.8 Å². The second-order valence-corrected chi connectivity index (χ2v) is 6.05. The van der Waals surface area contributed by atoms with Crippen molar-refractivity contribution in [2.24, 2.45) is 5.73 Å². The molecule has 2 heteroatoms. The lowest BCUT2D eigenvalue weighted by Gasteiger charge is -2.26. The van der Waals surface area contributed by atoms with Crippen molar-refractivity contribution in [2.45, 2.75) is 42.2 Å². The summed E-state index contributed by atoms with van der Waals surface area (Å²) in [6.45, 7) is 2.96. The fourth-order valence-electron chi connectivity index (χ4n) is 2.30. The maximum Gasteiger partial charge on any atom is 0.0329 e. The molecule has 0 heterocycles. The quantitative estimate of drug-likeness (QED) is 0.847. The molecule has 1 aliphatic rings. The van der Waals surface area contributed by atoms with Crippen LogP contribution in [0.2, 0.25) is 0 Å². The standard InChI is InChI=1S/C13H19NS/c1-11-5-4-6-12(9-11)15-13(10-14)7-2-3-8-13/h4-6,9H,2-3,7-8,10,14H2,1H3. The molecule has 0 spiro atoms. The Labute approximate surface area is 96.4 Å². The van der Waals surface area contributed by atoms with Gasteiger partial charge in [-0.1, -0.05) is 30.5 Å². The van der Waals surface area contributed by atoms with Crippen molar-refractivity contribution < 1.29 is 0 Å². The van der Waals surface area contributed by atoms with Crippen LogP contribution in [0.4, 0.5) is 0 Å². The molecule has 0 radical (unpaired) electrons. The highest BCUT2D eigenvalue weighted by Gasteiger charge is 2.33. The van der Waals surface area contributed by atoms with E-state index in [2.05, 4.69) is 31.2 Å². The van der Waals surface area contributed by atoms with E-state index in [1.54, 1.807) is 0 Å². The molecule has 1 saturated carbocycles. The SMILES string of the molecule is Cc1cccc(SC2(CN)CCCC2)c1. The normalized spacial score (nSPS) is 19.3. The molecule has 2 N–H and O–H groups in total. The Kier molecular flexibility index (Phi) is 3.37. The Morgan fingerprint density at radius 1 is 1.33 bits per heavy atom. The predicted octanol–water partition coefficient (Wildman–Crippen LogP) is 3.36. The van der Waals surface area contributed by atoms with Crippen LogP contribution in [0, 0.1) is 6.92 Å². The van der Waals surface area contributed by atoms with Crippen molar-refractivity contribution in [1.29, 1.82) is 0 Å². The monoisotopic (exact) mass is 221 g/mol. The molecule has 1 aromatic carbocycles. The molecule has 1 nitrogen and oxygen atoms in total. The zero-order chi connectivity index (χ0) is 10.7. The van der Waals surface area contributed by atoms with E-state index in [0.717, 1.165) is 6.54 Å². The molecule has 0 atom stereocenters. The Morgan fingerprint density at radius 2 is 2.07 bits per heavy atom. The summed E-state index contributed by atoms with van der Waals surface area (Å²) in [7, 11) is 0. The Bertz CT molecular complexity index is 329. The molecular weight excluding hydrogens is 202 g/mol. The van der Waals surface area contributed by atoms with Crippen LogP contribution in [0.15, 0.2) is 29.2 Å². The van der Waals surface area contributed by atoms with Gasteiger partial charge in [0.25, 0.3) is 0 Å². The van der Waals surface area contributed by atoms with Gasteiger partial charge in [-0.2, -0.15) is 0 Å². The number of aryl methyl sites for hydroxylation is 1. The summed E-state index contributed by atoms with van der Waals surface area (Å²) < 4.78 is 0.327. The van der Waals surface area contributed by atoms with Gasteiger partial charge in [0, 0.05) is 16.2 Å². The van der Waals surface area contributed by atoms with Crippen molar-refractivity contribution in [3.8, 4) is 0 Å². The van der Waals surface area contributed by atoms with Gasteiger partial charge in [-0.3, -0.25) is 0 Å². The van der Waals surface area contributed by atoms with E-state index in [9.17, 15) is 0 Å².